The molecule has 3 aromatic rings. The molecular formula is C28H34N8O4. The molecule has 3 amide bonds. The number of carbonyl (C=O) groups is 2. The van der Waals surface area contributed by atoms with E-state index in [9.17, 15) is 9.59 Å². The van der Waals surface area contributed by atoms with Crippen molar-refractivity contribution in [3.8, 4) is 11.4 Å². The lowest BCUT2D eigenvalue weighted by Gasteiger charge is -2.36. The van der Waals surface area contributed by atoms with E-state index >= 15 is 0 Å². The number of piperidine rings is 1. The molecule has 0 spiro atoms. The van der Waals surface area contributed by atoms with Crippen LogP contribution < -0.4 is 15.5 Å². The number of fused-ring (bicyclic) bond motifs is 3. The number of anilines is 2. The van der Waals surface area contributed by atoms with E-state index in [2.05, 4.69) is 15.5 Å². The zero-order valence-electron chi connectivity index (χ0n) is 22.6. The van der Waals surface area contributed by atoms with Crippen LogP contribution in [0.5, 0.6) is 0 Å². The van der Waals surface area contributed by atoms with Gasteiger partial charge in [-0.05, 0) is 62.8 Å². The van der Waals surface area contributed by atoms with Crippen LogP contribution in [-0.4, -0.2) is 88.3 Å². The molecule has 3 aliphatic heterocycles. The molecule has 1 aliphatic carbocycles. The van der Waals surface area contributed by atoms with Gasteiger partial charge in [0.15, 0.2) is 11.5 Å². The van der Waals surface area contributed by atoms with Crippen molar-refractivity contribution in [1.82, 2.24) is 30.0 Å². The number of amides is 3. The van der Waals surface area contributed by atoms with Crippen LogP contribution in [0.15, 0.2) is 30.5 Å². The van der Waals surface area contributed by atoms with Gasteiger partial charge in [-0.2, -0.15) is 5.10 Å². The molecule has 4 aliphatic rings. The molecule has 2 bridgehead atoms. The lowest BCUT2D eigenvalue weighted by atomic mass is 10.1. The van der Waals surface area contributed by atoms with Gasteiger partial charge in [-0.25, -0.2) is 24.2 Å². The van der Waals surface area contributed by atoms with Gasteiger partial charge in [0.2, 0.25) is 0 Å². The zero-order chi connectivity index (χ0) is 27.2. The number of rotatable bonds is 5. The molecule has 40 heavy (non-hydrogen) atoms. The molecule has 12 nitrogen and oxygen atoms in total. The van der Waals surface area contributed by atoms with E-state index in [4.69, 9.17) is 24.5 Å². The number of benzene rings is 1. The number of urea groups is 1. The van der Waals surface area contributed by atoms with Crippen LogP contribution in [0.1, 0.15) is 44.6 Å². The highest BCUT2D eigenvalue weighted by Gasteiger charge is 2.40. The molecule has 5 heterocycles. The lowest BCUT2D eigenvalue weighted by molar-refractivity contribution is 0.0904. The summed E-state index contributed by atoms with van der Waals surface area (Å²) >= 11 is 0. The molecule has 7 rings (SSSR count). The third kappa shape index (κ3) is 4.70. The van der Waals surface area contributed by atoms with E-state index in [1.54, 1.807) is 4.90 Å². The van der Waals surface area contributed by atoms with E-state index < -0.39 is 0 Å². The maximum Gasteiger partial charge on any atom is 0.409 e. The van der Waals surface area contributed by atoms with Gasteiger partial charge in [0.05, 0.1) is 50.0 Å². The van der Waals surface area contributed by atoms with Crippen LogP contribution >= 0.6 is 0 Å². The van der Waals surface area contributed by atoms with Gasteiger partial charge in [-0.3, -0.25) is 0 Å². The van der Waals surface area contributed by atoms with Gasteiger partial charge in [0, 0.05) is 30.4 Å². The predicted octanol–water partition coefficient (Wildman–Crippen LogP) is 3.55. The second-order valence-electron chi connectivity index (χ2n) is 11.2. The molecular weight excluding hydrogens is 512 g/mol. The second kappa shape index (κ2) is 10.2. The number of carbonyl (C=O) groups excluding carboxylic acids is 2. The molecule has 2 N–H and O–H groups in total. The Kier molecular flexibility index (Phi) is 6.41. The van der Waals surface area contributed by atoms with Crippen LogP contribution in [0.2, 0.25) is 0 Å². The summed E-state index contributed by atoms with van der Waals surface area (Å²) in [4.78, 5) is 38.5. The summed E-state index contributed by atoms with van der Waals surface area (Å²) in [6.07, 6.45) is 7.38. The van der Waals surface area contributed by atoms with E-state index in [1.165, 1.54) is 7.11 Å². The number of nitrogens with one attached hydrogen (secondary N) is 2. The summed E-state index contributed by atoms with van der Waals surface area (Å²) in [6.45, 7) is 2.61. The van der Waals surface area contributed by atoms with Gasteiger partial charge in [-0.1, -0.05) is 0 Å². The summed E-state index contributed by atoms with van der Waals surface area (Å²) in [7, 11) is 1.42. The van der Waals surface area contributed by atoms with Crippen molar-refractivity contribution in [1.29, 1.82) is 0 Å². The molecule has 3 saturated heterocycles. The number of ether oxygens (including phenoxy) is 2. The average molecular weight is 547 g/mol. The third-order valence-corrected chi connectivity index (χ3v) is 8.48. The number of morpholine rings is 1. The van der Waals surface area contributed by atoms with Gasteiger partial charge >= 0.3 is 12.1 Å². The molecule has 2 unspecified atom stereocenters. The molecule has 12 heteroatoms. The lowest BCUT2D eigenvalue weighted by Crippen LogP contribution is -2.46. The van der Waals surface area contributed by atoms with Crippen molar-refractivity contribution >= 4 is 34.7 Å². The quantitative estimate of drug-likeness (QED) is 0.498. The maximum atomic E-state index is 12.2. The highest BCUT2D eigenvalue weighted by molar-refractivity contribution is 5.91. The molecule has 1 saturated carbocycles. The van der Waals surface area contributed by atoms with Gasteiger partial charge in [0.25, 0.3) is 0 Å². The van der Waals surface area contributed by atoms with Crippen LogP contribution in [0.3, 0.4) is 0 Å². The first kappa shape index (κ1) is 25.1. The summed E-state index contributed by atoms with van der Waals surface area (Å²) in [5, 5.41) is 11.6. The smallest absolute Gasteiger partial charge is 0.409 e. The Morgan fingerprint density at radius 3 is 2.35 bits per heavy atom. The number of likely N-dealkylation sites (tertiary alicyclic amines) is 1. The van der Waals surface area contributed by atoms with Crippen LogP contribution in [0.4, 0.5) is 21.1 Å². The van der Waals surface area contributed by atoms with E-state index in [-0.39, 0.29) is 30.2 Å². The fourth-order valence-corrected chi connectivity index (χ4v) is 6.18. The van der Waals surface area contributed by atoms with Crippen molar-refractivity contribution in [2.45, 2.75) is 62.7 Å². The first-order valence-corrected chi connectivity index (χ1v) is 14.2. The van der Waals surface area contributed by atoms with Crippen LogP contribution in [-0.2, 0) is 9.47 Å². The Balaban J connectivity index is 1.22. The monoisotopic (exact) mass is 546 g/mol. The van der Waals surface area contributed by atoms with Crippen molar-refractivity contribution in [2.75, 3.05) is 43.6 Å². The third-order valence-electron chi connectivity index (χ3n) is 8.48. The summed E-state index contributed by atoms with van der Waals surface area (Å²) in [6, 6.07) is 8.46. The average Bonchev–Trinajstić information content (AvgIpc) is 3.63. The fraction of sp³-hybridized carbons (Fsp3) is 0.536. The second-order valence-corrected chi connectivity index (χ2v) is 11.2. The molecule has 210 valence electrons. The maximum absolute atomic E-state index is 12.2. The summed E-state index contributed by atoms with van der Waals surface area (Å²) in [5.74, 6) is 1.52. The minimum absolute atomic E-state index is 0.118. The highest BCUT2D eigenvalue weighted by atomic mass is 16.5. The largest absolute Gasteiger partial charge is 0.453 e. The fourth-order valence-electron chi connectivity index (χ4n) is 6.18. The Hall–Kier alpha value is -3.93. The van der Waals surface area contributed by atoms with Gasteiger partial charge in [0.1, 0.15) is 5.82 Å². The predicted molar refractivity (Wildman–Crippen MR) is 148 cm³/mol. The minimum Gasteiger partial charge on any atom is -0.453 e. The van der Waals surface area contributed by atoms with Crippen molar-refractivity contribution in [3.05, 3.63) is 30.5 Å². The summed E-state index contributed by atoms with van der Waals surface area (Å²) < 4.78 is 12.8. The van der Waals surface area contributed by atoms with Crippen molar-refractivity contribution in [2.24, 2.45) is 0 Å². The minimum atomic E-state index is -0.290. The highest BCUT2D eigenvalue weighted by Crippen LogP contribution is 2.38. The number of hydrogen-bond acceptors (Lipinski definition) is 8. The van der Waals surface area contributed by atoms with Crippen molar-refractivity contribution in [3.63, 3.8) is 0 Å². The Morgan fingerprint density at radius 1 is 0.950 bits per heavy atom. The Labute approximate surface area is 232 Å². The number of hydrogen-bond donors (Lipinski definition) is 2. The molecule has 2 aromatic heterocycles. The zero-order valence-corrected chi connectivity index (χ0v) is 22.6. The van der Waals surface area contributed by atoms with Crippen molar-refractivity contribution < 1.29 is 19.1 Å². The Morgan fingerprint density at radius 2 is 1.68 bits per heavy atom. The first-order chi connectivity index (χ1) is 19.6. The molecule has 1 aromatic carbocycles. The SMILES string of the molecule is COC(=O)N1CCC(n2ncc3c(N4C5CCC4COC5)nc(-c4ccc(NC(=O)NC5CC5)cc4)nc32)CC1. The number of aromatic nitrogens is 4. The van der Waals surface area contributed by atoms with Crippen LogP contribution in [0, 0.1) is 0 Å². The molecule has 0 radical (unpaired) electrons. The number of nitrogens with zero attached hydrogens (tertiary/aromatic N) is 6. The molecule has 2 atom stereocenters. The van der Waals surface area contributed by atoms with Gasteiger partial charge in [-0.15, -0.1) is 0 Å². The van der Waals surface area contributed by atoms with E-state index in [0.29, 0.717) is 38.2 Å². The Bertz CT molecular complexity index is 1400. The topological polar surface area (TPSA) is 127 Å². The summed E-state index contributed by atoms with van der Waals surface area (Å²) in [5.41, 5.74) is 2.38. The first-order valence-electron chi connectivity index (χ1n) is 14.2. The van der Waals surface area contributed by atoms with Gasteiger partial charge < -0.3 is 29.9 Å². The standard InChI is InChI=1S/C28H34N8O4/c1-39-28(38)34-12-10-20(11-13-34)36-26-23(14-29-36)25(35-21-8-9-22(35)16-40-15-21)32-24(33-26)17-2-4-18(5-3-17)30-27(37)31-19-6-7-19/h2-5,14,19-22H,6-13,15-16H2,1H3,(H2,30,31,37). The van der Waals surface area contributed by atoms with E-state index in [1.807, 2.05) is 35.1 Å². The molecule has 4 fully saturated rings. The van der Waals surface area contributed by atoms with Crippen LogP contribution in [0.25, 0.3) is 22.4 Å². The normalized spacial score (nSPS) is 22.9. The van der Waals surface area contributed by atoms with E-state index in [0.717, 1.165) is 66.6 Å². The number of methoxy groups -OCH3 is 1.